The fourth-order valence-electron chi connectivity index (χ4n) is 3.31. The van der Waals surface area contributed by atoms with Crippen LogP contribution in [0.15, 0.2) is 48.7 Å². The second-order valence-electron chi connectivity index (χ2n) is 7.07. The molecule has 1 amide bonds. The van der Waals surface area contributed by atoms with Crippen LogP contribution in [0.2, 0.25) is 0 Å². The molecule has 1 aliphatic rings. The van der Waals surface area contributed by atoms with Crippen LogP contribution in [0.5, 0.6) is 0 Å². The van der Waals surface area contributed by atoms with Crippen molar-refractivity contribution in [2.75, 3.05) is 38.1 Å². The van der Waals surface area contributed by atoms with Crippen molar-refractivity contribution < 1.29 is 4.79 Å². The lowest BCUT2D eigenvalue weighted by atomic mass is 9.97. The highest BCUT2D eigenvalue weighted by molar-refractivity contribution is 5.77. The SMILES string of the molecule is C[C@@H](CC(=O)NCc1cccnc1N1CCN(C)CC1)c1ccccc1. The van der Waals surface area contributed by atoms with Gasteiger partial charge in [0, 0.05) is 50.9 Å². The molecule has 3 rings (SSSR count). The summed E-state index contributed by atoms with van der Waals surface area (Å²) in [5.74, 6) is 1.29. The Balaban J connectivity index is 1.57. The smallest absolute Gasteiger partial charge is 0.220 e. The first-order valence-electron chi connectivity index (χ1n) is 9.32. The maximum atomic E-state index is 12.4. The summed E-state index contributed by atoms with van der Waals surface area (Å²) in [6.07, 6.45) is 2.32. The summed E-state index contributed by atoms with van der Waals surface area (Å²) in [4.78, 5) is 21.6. The van der Waals surface area contributed by atoms with Crippen molar-refractivity contribution in [3.05, 3.63) is 59.8 Å². The monoisotopic (exact) mass is 352 g/mol. The highest BCUT2D eigenvalue weighted by Gasteiger charge is 2.18. The van der Waals surface area contributed by atoms with E-state index in [1.54, 1.807) is 0 Å². The molecule has 1 aromatic heterocycles. The lowest BCUT2D eigenvalue weighted by Crippen LogP contribution is -2.45. The van der Waals surface area contributed by atoms with E-state index in [0.717, 1.165) is 37.6 Å². The zero-order valence-electron chi connectivity index (χ0n) is 15.7. The molecule has 1 N–H and O–H groups in total. The first kappa shape index (κ1) is 18.4. The predicted molar refractivity (Wildman–Crippen MR) is 105 cm³/mol. The van der Waals surface area contributed by atoms with Gasteiger partial charge in [0.2, 0.25) is 5.91 Å². The molecule has 5 heteroatoms. The van der Waals surface area contributed by atoms with Crippen molar-refractivity contribution in [3.8, 4) is 0 Å². The lowest BCUT2D eigenvalue weighted by Gasteiger charge is -2.34. The molecule has 1 atom stereocenters. The van der Waals surface area contributed by atoms with Crippen LogP contribution >= 0.6 is 0 Å². The highest BCUT2D eigenvalue weighted by atomic mass is 16.1. The average molecular weight is 352 g/mol. The van der Waals surface area contributed by atoms with Gasteiger partial charge >= 0.3 is 0 Å². The minimum absolute atomic E-state index is 0.0783. The Hall–Kier alpha value is -2.40. The molecule has 26 heavy (non-hydrogen) atoms. The third kappa shape index (κ3) is 4.82. The summed E-state index contributed by atoms with van der Waals surface area (Å²) in [6, 6.07) is 14.2. The maximum absolute atomic E-state index is 12.4. The number of aromatic nitrogens is 1. The number of piperazine rings is 1. The quantitative estimate of drug-likeness (QED) is 0.868. The number of anilines is 1. The van der Waals surface area contributed by atoms with Crippen molar-refractivity contribution in [3.63, 3.8) is 0 Å². The molecular formula is C21H28N4O. The van der Waals surface area contributed by atoms with Gasteiger partial charge in [-0.05, 0) is 24.6 Å². The predicted octanol–water partition coefficient (Wildman–Crippen LogP) is 2.64. The average Bonchev–Trinajstić information content (AvgIpc) is 2.68. The van der Waals surface area contributed by atoms with E-state index in [2.05, 4.69) is 52.3 Å². The zero-order chi connectivity index (χ0) is 18.4. The Kier molecular flexibility index (Phi) is 6.23. The van der Waals surface area contributed by atoms with E-state index in [9.17, 15) is 4.79 Å². The normalized spacial score (nSPS) is 16.3. The Morgan fingerprint density at radius 1 is 1.12 bits per heavy atom. The van der Waals surface area contributed by atoms with E-state index >= 15 is 0 Å². The van der Waals surface area contributed by atoms with E-state index in [1.807, 2.05) is 30.5 Å². The van der Waals surface area contributed by atoms with Crippen LogP contribution in [0, 0.1) is 0 Å². The molecule has 138 valence electrons. The fraction of sp³-hybridized carbons (Fsp3) is 0.429. The molecule has 0 radical (unpaired) electrons. The number of benzene rings is 1. The Morgan fingerprint density at radius 3 is 2.58 bits per heavy atom. The van der Waals surface area contributed by atoms with Gasteiger partial charge in [-0.1, -0.05) is 43.3 Å². The summed E-state index contributed by atoms with van der Waals surface area (Å²) in [6.45, 7) is 6.64. The summed E-state index contributed by atoms with van der Waals surface area (Å²) >= 11 is 0. The molecule has 0 saturated carbocycles. The van der Waals surface area contributed by atoms with Gasteiger partial charge in [-0.25, -0.2) is 4.98 Å². The molecule has 1 saturated heterocycles. The number of likely N-dealkylation sites (N-methyl/N-ethyl adjacent to an activating group) is 1. The largest absolute Gasteiger partial charge is 0.354 e. The minimum Gasteiger partial charge on any atom is -0.354 e. The summed E-state index contributed by atoms with van der Waals surface area (Å²) in [5, 5.41) is 3.07. The van der Waals surface area contributed by atoms with Crippen molar-refractivity contribution >= 4 is 11.7 Å². The standard InChI is InChI=1S/C21H28N4O/c1-17(18-7-4-3-5-8-18)15-20(26)23-16-19-9-6-10-22-21(19)25-13-11-24(2)12-14-25/h3-10,17H,11-16H2,1-2H3,(H,23,26)/t17-/m0/s1. The summed E-state index contributed by atoms with van der Waals surface area (Å²) < 4.78 is 0. The molecule has 1 fully saturated rings. The summed E-state index contributed by atoms with van der Waals surface area (Å²) in [7, 11) is 2.14. The van der Waals surface area contributed by atoms with E-state index < -0.39 is 0 Å². The Labute approximate surface area is 156 Å². The number of nitrogens with one attached hydrogen (secondary N) is 1. The van der Waals surface area contributed by atoms with Gasteiger partial charge in [-0.3, -0.25) is 4.79 Å². The van der Waals surface area contributed by atoms with Gasteiger partial charge in [0.05, 0.1) is 0 Å². The number of nitrogens with zero attached hydrogens (tertiary/aromatic N) is 3. The van der Waals surface area contributed by atoms with Gasteiger partial charge in [0.15, 0.2) is 0 Å². The topological polar surface area (TPSA) is 48.5 Å². The third-order valence-electron chi connectivity index (χ3n) is 5.01. The van der Waals surface area contributed by atoms with Crippen LogP contribution < -0.4 is 10.2 Å². The number of rotatable bonds is 6. The van der Waals surface area contributed by atoms with Gasteiger partial charge in [-0.15, -0.1) is 0 Å². The van der Waals surface area contributed by atoms with E-state index in [4.69, 9.17) is 0 Å². The van der Waals surface area contributed by atoms with Gasteiger partial charge in [0.25, 0.3) is 0 Å². The van der Waals surface area contributed by atoms with E-state index in [-0.39, 0.29) is 11.8 Å². The molecule has 1 aromatic carbocycles. The number of carbonyl (C=O) groups excluding carboxylic acids is 1. The van der Waals surface area contributed by atoms with Crippen molar-refractivity contribution in [2.45, 2.75) is 25.8 Å². The second kappa shape index (κ2) is 8.81. The Morgan fingerprint density at radius 2 is 1.85 bits per heavy atom. The summed E-state index contributed by atoms with van der Waals surface area (Å²) in [5.41, 5.74) is 2.28. The van der Waals surface area contributed by atoms with Crippen LogP contribution in [0.1, 0.15) is 30.4 Å². The van der Waals surface area contributed by atoms with Crippen LogP contribution in [0.4, 0.5) is 5.82 Å². The van der Waals surface area contributed by atoms with Crippen LogP contribution in [0.25, 0.3) is 0 Å². The second-order valence-corrected chi connectivity index (χ2v) is 7.07. The zero-order valence-corrected chi connectivity index (χ0v) is 15.7. The fourth-order valence-corrected chi connectivity index (χ4v) is 3.31. The molecule has 2 heterocycles. The van der Waals surface area contributed by atoms with E-state index in [1.165, 1.54) is 5.56 Å². The molecular weight excluding hydrogens is 324 g/mol. The van der Waals surface area contributed by atoms with Crippen LogP contribution in [0.3, 0.4) is 0 Å². The molecule has 0 unspecified atom stereocenters. The number of amides is 1. The molecule has 0 bridgehead atoms. The van der Waals surface area contributed by atoms with Crippen LogP contribution in [-0.4, -0.2) is 49.0 Å². The maximum Gasteiger partial charge on any atom is 0.220 e. The number of hydrogen-bond acceptors (Lipinski definition) is 4. The van der Waals surface area contributed by atoms with Crippen molar-refractivity contribution in [1.29, 1.82) is 0 Å². The van der Waals surface area contributed by atoms with Gasteiger partial charge < -0.3 is 15.1 Å². The highest BCUT2D eigenvalue weighted by Crippen LogP contribution is 2.20. The molecule has 0 spiro atoms. The third-order valence-corrected chi connectivity index (χ3v) is 5.01. The van der Waals surface area contributed by atoms with Crippen molar-refractivity contribution in [1.82, 2.24) is 15.2 Å². The minimum atomic E-state index is 0.0783. The lowest BCUT2D eigenvalue weighted by molar-refractivity contribution is -0.121. The van der Waals surface area contributed by atoms with Crippen LogP contribution in [-0.2, 0) is 11.3 Å². The molecule has 1 aliphatic heterocycles. The van der Waals surface area contributed by atoms with E-state index in [0.29, 0.717) is 13.0 Å². The van der Waals surface area contributed by atoms with Gasteiger partial charge in [0.1, 0.15) is 5.82 Å². The molecule has 0 aliphatic carbocycles. The number of pyridine rings is 1. The number of carbonyl (C=O) groups is 1. The first-order chi connectivity index (χ1) is 12.6. The molecule has 5 nitrogen and oxygen atoms in total. The number of hydrogen-bond donors (Lipinski definition) is 1. The Bertz CT molecular complexity index is 711. The van der Waals surface area contributed by atoms with Crippen molar-refractivity contribution in [2.24, 2.45) is 0 Å². The van der Waals surface area contributed by atoms with Gasteiger partial charge in [-0.2, -0.15) is 0 Å². The first-order valence-corrected chi connectivity index (χ1v) is 9.32. The molecule has 2 aromatic rings.